The van der Waals surface area contributed by atoms with Crippen LogP contribution in [0.5, 0.6) is 0 Å². The van der Waals surface area contributed by atoms with Crippen LogP contribution in [0, 0.1) is 0 Å². The molecule has 2 aromatic heterocycles. The Hall–Kier alpha value is -1.60. The maximum Gasteiger partial charge on any atom is 0.242 e. The number of sulfonamides is 1. The van der Waals surface area contributed by atoms with Crippen LogP contribution in [0.1, 0.15) is 5.69 Å². The number of aromatic nitrogens is 2. The van der Waals surface area contributed by atoms with Gasteiger partial charge in [-0.2, -0.15) is 0 Å². The molecule has 22 heavy (non-hydrogen) atoms. The minimum atomic E-state index is -3.69. The Balaban J connectivity index is 1.83. The van der Waals surface area contributed by atoms with E-state index in [-0.39, 0.29) is 16.5 Å². The number of nitrogens with zero attached hydrogens (tertiary/aromatic N) is 2. The summed E-state index contributed by atoms with van der Waals surface area (Å²) in [5.74, 6) is 0. The maximum absolute atomic E-state index is 12.2. The van der Waals surface area contributed by atoms with Crippen molar-refractivity contribution in [2.45, 2.75) is 11.4 Å². The lowest BCUT2D eigenvalue weighted by Gasteiger charge is -2.06. The van der Waals surface area contributed by atoms with Gasteiger partial charge < -0.3 is 4.40 Å². The van der Waals surface area contributed by atoms with Crippen molar-refractivity contribution in [2.75, 3.05) is 0 Å². The van der Waals surface area contributed by atoms with Crippen molar-refractivity contribution in [3.63, 3.8) is 0 Å². The fourth-order valence-corrected chi connectivity index (χ4v) is 3.70. The first-order valence-electron chi connectivity index (χ1n) is 6.33. The maximum atomic E-state index is 12.2. The van der Waals surface area contributed by atoms with E-state index in [0.29, 0.717) is 16.4 Å². The second kappa shape index (κ2) is 5.89. The number of hydrogen-bond donors (Lipinski definition) is 1. The van der Waals surface area contributed by atoms with E-state index >= 15 is 0 Å². The van der Waals surface area contributed by atoms with Crippen LogP contribution in [0.15, 0.2) is 53.7 Å². The van der Waals surface area contributed by atoms with Crippen molar-refractivity contribution in [2.24, 2.45) is 0 Å². The highest BCUT2D eigenvalue weighted by Crippen LogP contribution is 2.20. The summed E-state index contributed by atoms with van der Waals surface area (Å²) in [6.07, 6.45) is 3.42. The zero-order valence-electron chi connectivity index (χ0n) is 11.2. The quantitative estimate of drug-likeness (QED) is 0.781. The molecule has 0 aliphatic carbocycles. The van der Waals surface area contributed by atoms with Gasteiger partial charge in [-0.15, -0.1) is 0 Å². The molecule has 2 heterocycles. The second-order valence-corrected chi connectivity index (χ2v) is 7.18. The molecule has 8 heteroatoms. The standard InChI is InChI=1S/C14H11Cl2N3O2S/c15-10-5-6-14-18-11(9-19(14)8-10)7-17-22(20,21)13-4-2-1-3-12(13)16/h1-6,8-9,17H,7H2. The number of hydrogen-bond acceptors (Lipinski definition) is 3. The molecule has 0 fully saturated rings. The number of imidazole rings is 1. The average Bonchev–Trinajstić information content (AvgIpc) is 2.87. The van der Waals surface area contributed by atoms with E-state index in [1.165, 1.54) is 12.1 Å². The summed E-state index contributed by atoms with van der Waals surface area (Å²) < 4.78 is 28.7. The predicted molar refractivity (Wildman–Crippen MR) is 85.7 cm³/mol. The van der Waals surface area contributed by atoms with Crippen molar-refractivity contribution < 1.29 is 8.42 Å². The molecule has 1 N–H and O–H groups in total. The summed E-state index contributed by atoms with van der Waals surface area (Å²) in [4.78, 5) is 4.36. The highest BCUT2D eigenvalue weighted by Gasteiger charge is 2.17. The highest BCUT2D eigenvalue weighted by molar-refractivity contribution is 7.89. The normalized spacial score (nSPS) is 11.9. The number of halogens is 2. The van der Waals surface area contributed by atoms with Crippen LogP contribution in [-0.2, 0) is 16.6 Å². The van der Waals surface area contributed by atoms with Crippen LogP contribution < -0.4 is 4.72 Å². The molecule has 1 aromatic carbocycles. The Bertz CT molecular complexity index is 938. The minimum absolute atomic E-state index is 0.0449. The van der Waals surface area contributed by atoms with Crippen LogP contribution in [0.4, 0.5) is 0 Å². The smallest absolute Gasteiger partial charge is 0.242 e. The van der Waals surface area contributed by atoms with Gasteiger partial charge >= 0.3 is 0 Å². The number of nitrogens with one attached hydrogen (secondary N) is 1. The lowest BCUT2D eigenvalue weighted by atomic mass is 10.4. The summed E-state index contributed by atoms with van der Waals surface area (Å²) in [6, 6.07) is 9.76. The van der Waals surface area contributed by atoms with Crippen molar-refractivity contribution in [1.29, 1.82) is 0 Å². The molecular weight excluding hydrogens is 345 g/mol. The van der Waals surface area contributed by atoms with Gasteiger partial charge in [-0.1, -0.05) is 35.3 Å². The Morgan fingerprint density at radius 1 is 1.09 bits per heavy atom. The van der Waals surface area contributed by atoms with Gasteiger partial charge in [0.2, 0.25) is 10.0 Å². The van der Waals surface area contributed by atoms with Crippen molar-refractivity contribution in [3.05, 3.63) is 64.5 Å². The lowest BCUT2D eigenvalue weighted by molar-refractivity contribution is 0.580. The van der Waals surface area contributed by atoms with Gasteiger partial charge in [0.25, 0.3) is 0 Å². The zero-order valence-corrected chi connectivity index (χ0v) is 13.5. The van der Waals surface area contributed by atoms with Crippen molar-refractivity contribution >= 4 is 38.9 Å². The molecule has 0 amide bonds. The summed E-state index contributed by atoms with van der Waals surface area (Å²) >= 11 is 11.8. The summed E-state index contributed by atoms with van der Waals surface area (Å²) in [7, 11) is -3.69. The molecular formula is C14H11Cl2N3O2S. The molecule has 0 radical (unpaired) electrons. The first-order valence-corrected chi connectivity index (χ1v) is 8.57. The third kappa shape index (κ3) is 3.10. The van der Waals surface area contributed by atoms with Crippen LogP contribution in [0.3, 0.4) is 0 Å². The van der Waals surface area contributed by atoms with Gasteiger partial charge in [0.05, 0.1) is 22.3 Å². The third-order valence-electron chi connectivity index (χ3n) is 3.03. The van der Waals surface area contributed by atoms with E-state index in [4.69, 9.17) is 23.2 Å². The van der Waals surface area contributed by atoms with Crippen molar-refractivity contribution in [3.8, 4) is 0 Å². The van der Waals surface area contributed by atoms with Crippen LogP contribution in [0.25, 0.3) is 5.65 Å². The Kier molecular flexibility index (Phi) is 4.10. The lowest BCUT2D eigenvalue weighted by Crippen LogP contribution is -2.23. The minimum Gasteiger partial charge on any atom is -0.305 e. The molecule has 0 atom stereocenters. The van der Waals surface area contributed by atoms with E-state index in [9.17, 15) is 8.42 Å². The molecule has 0 spiro atoms. The monoisotopic (exact) mass is 355 g/mol. The van der Waals surface area contributed by atoms with E-state index < -0.39 is 10.0 Å². The van der Waals surface area contributed by atoms with Gasteiger partial charge in [0.15, 0.2) is 0 Å². The number of pyridine rings is 1. The molecule has 3 rings (SSSR count). The second-order valence-electron chi connectivity index (χ2n) is 4.60. The topological polar surface area (TPSA) is 63.5 Å². The van der Waals surface area contributed by atoms with Gasteiger partial charge in [0, 0.05) is 12.4 Å². The Morgan fingerprint density at radius 3 is 2.64 bits per heavy atom. The summed E-state index contributed by atoms with van der Waals surface area (Å²) in [5, 5.41) is 0.755. The van der Waals surface area contributed by atoms with Gasteiger partial charge in [-0.05, 0) is 24.3 Å². The fourth-order valence-electron chi connectivity index (χ4n) is 2.01. The van der Waals surface area contributed by atoms with Gasteiger partial charge in [-0.25, -0.2) is 18.1 Å². The van der Waals surface area contributed by atoms with Gasteiger partial charge in [0.1, 0.15) is 10.5 Å². The van der Waals surface area contributed by atoms with Crippen LogP contribution in [0.2, 0.25) is 10.0 Å². The largest absolute Gasteiger partial charge is 0.305 e. The van der Waals surface area contributed by atoms with E-state index in [2.05, 4.69) is 9.71 Å². The molecule has 0 saturated heterocycles. The molecule has 5 nitrogen and oxygen atoms in total. The molecule has 0 aliphatic heterocycles. The highest BCUT2D eigenvalue weighted by atomic mass is 35.5. The first kappa shape index (κ1) is 15.3. The molecule has 0 unspecified atom stereocenters. The number of fused-ring (bicyclic) bond motifs is 1. The van der Waals surface area contributed by atoms with Gasteiger partial charge in [-0.3, -0.25) is 0 Å². The Labute approximate surface area is 137 Å². The van der Waals surface area contributed by atoms with E-state index in [0.717, 1.165) is 0 Å². The fraction of sp³-hybridized carbons (Fsp3) is 0.0714. The molecule has 114 valence electrons. The average molecular weight is 356 g/mol. The molecule has 0 saturated carbocycles. The van der Waals surface area contributed by atoms with Crippen LogP contribution >= 0.6 is 23.2 Å². The third-order valence-corrected chi connectivity index (χ3v) is 5.16. The van der Waals surface area contributed by atoms with Crippen LogP contribution in [-0.4, -0.2) is 17.8 Å². The van der Waals surface area contributed by atoms with Crippen molar-refractivity contribution in [1.82, 2.24) is 14.1 Å². The van der Waals surface area contributed by atoms with E-state index in [1.54, 1.807) is 41.1 Å². The van der Waals surface area contributed by atoms with E-state index in [1.807, 2.05) is 0 Å². The number of benzene rings is 1. The summed E-state index contributed by atoms with van der Waals surface area (Å²) in [6.45, 7) is 0.0624. The summed E-state index contributed by atoms with van der Waals surface area (Å²) in [5.41, 5.74) is 1.27. The number of rotatable bonds is 4. The first-order chi connectivity index (χ1) is 10.5. The Morgan fingerprint density at radius 2 is 1.86 bits per heavy atom. The molecule has 0 bridgehead atoms. The zero-order chi connectivity index (χ0) is 15.7. The SMILES string of the molecule is O=S(=O)(NCc1cn2cc(Cl)ccc2n1)c1ccccc1Cl. The predicted octanol–water partition coefficient (Wildman–Crippen LogP) is 3.12. The molecule has 3 aromatic rings. The molecule has 0 aliphatic rings.